The summed E-state index contributed by atoms with van der Waals surface area (Å²) in [7, 11) is 2.03. The first-order chi connectivity index (χ1) is 8.66. The Hall–Kier alpha value is -1.55. The number of aliphatic carboxylic acids is 1. The van der Waals surface area contributed by atoms with Gasteiger partial charge in [-0.15, -0.1) is 0 Å². The van der Waals surface area contributed by atoms with Gasteiger partial charge in [-0.2, -0.15) is 0 Å². The first kappa shape index (κ1) is 12.9. The summed E-state index contributed by atoms with van der Waals surface area (Å²) in [4.78, 5) is 12.6. The Morgan fingerprint density at radius 1 is 1.50 bits per heavy atom. The fourth-order valence-electron chi connectivity index (χ4n) is 2.35. The molecule has 0 aromatic heterocycles. The van der Waals surface area contributed by atoms with Crippen molar-refractivity contribution >= 4 is 5.97 Å². The van der Waals surface area contributed by atoms with Gasteiger partial charge in [-0.25, -0.2) is 0 Å². The SMILES string of the molecule is CN(CCCC(=O)O)CC1COc2ccccc21. The molecule has 1 unspecified atom stereocenters. The first-order valence-corrected chi connectivity index (χ1v) is 6.29. The van der Waals surface area contributed by atoms with E-state index in [1.165, 1.54) is 5.56 Å². The fraction of sp³-hybridized carbons (Fsp3) is 0.500. The minimum atomic E-state index is -0.724. The lowest BCUT2D eigenvalue weighted by molar-refractivity contribution is -0.137. The van der Waals surface area contributed by atoms with E-state index >= 15 is 0 Å². The van der Waals surface area contributed by atoms with Gasteiger partial charge in [0.15, 0.2) is 0 Å². The number of para-hydroxylation sites is 1. The number of carboxylic acids is 1. The summed E-state index contributed by atoms with van der Waals surface area (Å²) in [5.74, 6) is 0.662. The zero-order valence-corrected chi connectivity index (χ0v) is 10.6. The average molecular weight is 249 g/mol. The van der Waals surface area contributed by atoms with Crippen LogP contribution in [0.1, 0.15) is 24.3 Å². The van der Waals surface area contributed by atoms with Crippen molar-refractivity contribution in [1.29, 1.82) is 0 Å². The molecule has 18 heavy (non-hydrogen) atoms. The summed E-state index contributed by atoms with van der Waals surface area (Å²) in [5.41, 5.74) is 1.27. The number of nitrogens with zero attached hydrogens (tertiary/aromatic N) is 1. The van der Waals surface area contributed by atoms with Crippen LogP contribution in [0.5, 0.6) is 5.75 Å². The quantitative estimate of drug-likeness (QED) is 0.837. The standard InChI is InChI=1S/C14H19NO3/c1-15(8-4-7-14(16)17)9-11-10-18-13-6-3-2-5-12(11)13/h2-3,5-6,11H,4,7-10H2,1H3,(H,16,17). The predicted octanol–water partition coefficient (Wildman–Crippen LogP) is 1.96. The first-order valence-electron chi connectivity index (χ1n) is 6.29. The Morgan fingerprint density at radius 3 is 3.06 bits per heavy atom. The van der Waals surface area contributed by atoms with Gasteiger partial charge in [0, 0.05) is 24.4 Å². The number of likely N-dealkylation sites (N-methyl/N-ethyl adjacent to an activating group) is 1. The van der Waals surface area contributed by atoms with E-state index in [2.05, 4.69) is 11.0 Å². The summed E-state index contributed by atoms with van der Waals surface area (Å²) < 4.78 is 5.63. The Kier molecular flexibility index (Phi) is 4.20. The summed E-state index contributed by atoms with van der Waals surface area (Å²) in [6.07, 6.45) is 0.934. The van der Waals surface area contributed by atoms with Crippen LogP contribution in [0.25, 0.3) is 0 Å². The molecule has 1 aromatic rings. The van der Waals surface area contributed by atoms with Crippen molar-refractivity contribution in [2.75, 3.05) is 26.7 Å². The van der Waals surface area contributed by atoms with Crippen LogP contribution in [-0.4, -0.2) is 42.7 Å². The smallest absolute Gasteiger partial charge is 0.303 e. The molecule has 1 aromatic carbocycles. The van der Waals surface area contributed by atoms with Crippen molar-refractivity contribution in [2.45, 2.75) is 18.8 Å². The zero-order chi connectivity index (χ0) is 13.0. The van der Waals surface area contributed by atoms with E-state index in [9.17, 15) is 4.79 Å². The van der Waals surface area contributed by atoms with Crippen LogP contribution in [0.3, 0.4) is 0 Å². The molecule has 1 aliphatic rings. The van der Waals surface area contributed by atoms with Crippen molar-refractivity contribution in [1.82, 2.24) is 4.90 Å². The van der Waals surface area contributed by atoms with E-state index in [0.717, 1.165) is 25.4 Å². The second-order valence-corrected chi connectivity index (χ2v) is 4.81. The monoisotopic (exact) mass is 249 g/mol. The number of carboxylic acid groups (broad SMARTS) is 1. The Labute approximate surface area is 107 Å². The van der Waals surface area contributed by atoms with Crippen LogP contribution in [0.2, 0.25) is 0 Å². The summed E-state index contributed by atoms with van der Waals surface area (Å²) in [6, 6.07) is 8.13. The van der Waals surface area contributed by atoms with Crippen LogP contribution in [-0.2, 0) is 4.79 Å². The molecule has 0 saturated heterocycles. The number of carbonyl (C=O) groups is 1. The highest BCUT2D eigenvalue weighted by atomic mass is 16.5. The van der Waals surface area contributed by atoms with E-state index in [1.807, 2.05) is 25.2 Å². The van der Waals surface area contributed by atoms with Crippen molar-refractivity contribution in [3.63, 3.8) is 0 Å². The number of hydrogen-bond acceptors (Lipinski definition) is 3. The normalized spacial score (nSPS) is 17.6. The predicted molar refractivity (Wildman–Crippen MR) is 69.0 cm³/mol. The van der Waals surface area contributed by atoms with Crippen molar-refractivity contribution in [3.05, 3.63) is 29.8 Å². The number of rotatable bonds is 6. The third kappa shape index (κ3) is 3.23. The molecule has 0 amide bonds. The van der Waals surface area contributed by atoms with Crippen molar-refractivity contribution in [3.8, 4) is 5.75 Å². The van der Waals surface area contributed by atoms with Crippen LogP contribution in [0.15, 0.2) is 24.3 Å². The van der Waals surface area contributed by atoms with Crippen LogP contribution in [0, 0.1) is 0 Å². The molecule has 98 valence electrons. The lowest BCUT2D eigenvalue weighted by Crippen LogP contribution is -2.26. The van der Waals surface area contributed by atoms with Crippen molar-refractivity contribution < 1.29 is 14.6 Å². The molecular formula is C14H19NO3. The van der Waals surface area contributed by atoms with Gasteiger partial charge in [0.2, 0.25) is 0 Å². The molecule has 0 saturated carbocycles. The highest BCUT2D eigenvalue weighted by Gasteiger charge is 2.24. The second kappa shape index (κ2) is 5.87. The van der Waals surface area contributed by atoms with Gasteiger partial charge in [-0.3, -0.25) is 4.79 Å². The molecule has 4 heteroatoms. The Morgan fingerprint density at radius 2 is 2.28 bits per heavy atom. The fourth-order valence-corrected chi connectivity index (χ4v) is 2.35. The van der Waals surface area contributed by atoms with Crippen molar-refractivity contribution in [2.24, 2.45) is 0 Å². The molecule has 0 aliphatic carbocycles. The average Bonchev–Trinajstić information content (AvgIpc) is 2.72. The maximum absolute atomic E-state index is 10.5. The molecule has 0 fully saturated rings. The van der Waals surface area contributed by atoms with Crippen LogP contribution < -0.4 is 4.74 Å². The van der Waals surface area contributed by atoms with Gasteiger partial charge in [0.1, 0.15) is 5.75 Å². The van der Waals surface area contributed by atoms with Crippen LogP contribution in [0.4, 0.5) is 0 Å². The number of fused-ring (bicyclic) bond motifs is 1. The van der Waals surface area contributed by atoms with E-state index in [0.29, 0.717) is 12.3 Å². The van der Waals surface area contributed by atoms with E-state index in [4.69, 9.17) is 9.84 Å². The van der Waals surface area contributed by atoms with E-state index in [1.54, 1.807) is 0 Å². The molecule has 2 rings (SSSR count). The molecule has 1 N–H and O–H groups in total. The number of ether oxygens (including phenoxy) is 1. The van der Waals surface area contributed by atoms with Crippen LogP contribution >= 0.6 is 0 Å². The Bertz CT molecular complexity index is 419. The third-order valence-corrected chi connectivity index (χ3v) is 3.26. The van der Waals surface area contributed by atoms with Gasteiger partial charge in [-0.1, -0.05) is 18.2 Å². The summed E-state index contributed by atoms with van der Waals surface area (Å²) >= 11 is 0. The topological polar surface area (TPSA) is 49.8 Å². The summed E-state index contributed by atoms with van der Waals surface area (Å²) in [6.45, 7) is 2.45. The lowest BCUT2D eigenvalue weighted by atomic mass is 10.0. The molecule has 1 atom stereocenters. The largest absolute Gasteiger partial charge is 0.493 e. The minimum Gasteiger partial charge on any atom is -0.493 e. The zero-order valence-electron chi connectivity index (χ0n) is 10.6. The molecule has 0 bridgehead atoms. The minimum absolute atomic E-state index is 0.238. The van der Waals surface area contributed by atoms with Gasteiger partial charge >= 0.3 is 5.97 Å². The summed E-state index contributed by atoms with van der Waals surface area (Å²) in [5, 5.41) is 8.60. The maximum atomic E-state index is 10.5. The molecule has 0 radical (unpaired) electrons. The van der Waals surface area contributed by atoms with Gasteiger partial charge in [-0.05, 0) is 26.1 Å². The number of hydrogen-bond donors (Lipinski definition) is 1. The number of benzene rings is 1. The highest BCUT2D eigenvalue weighted by molar-refractivity contribution is 5.66. The highest BCUT2D eigenvalue weighted by Crippen LogP contribution is 2.33. The molecule has 1 heterocycles. The maximum Gasteiger partial charge on any atom is 0.303 e. The van der Waals surface area contributed by atoms with Gasteiger partial charge in [0.05, 0.1) is 6.61 Å². The molecule has 0 spiro atoms. The van der Waals surface area contributed by atoms with Gasteiger partial charge < -0.3 is 14.7 Å². The Balaban J connectivity index is 1.82. The van der Waals surface area contributed by atoms with Gasteiger partial charge in [0.25, 0.3) is 0 Å². The van der Waals surface area contributed by atoms with E-state index in [-0.39, 0.29) is 6.42 Å². The third-order valence-electron chi connectivity index (χ3n) is 3.26. The second-order valence-electron chi connectivity index (χ2n) is 4.81. The van der Waals surface area contributed by atoms with E-state index < -0.39 is 5.97 Å². The molecular weight excluding hydrogens is 230 g/mol. The molecule has 4 nitrogen and oxygen atoms in total. The molecule has 1 aliphatic heterocycles. The lowest BCUT2D eigenvalue weighted by Gasteiger charge is -2.19.